The van der Waals surface area contributed by atoms with Gasteiger partial charge in [-0.2, -0.15) is 9.89 Å². The number of rotatable bonds is 8. The van der Waals surface area contributed by atoms with Crippen molar-refractivity contribution in [2.45, 2.75) is 23.6 Å². The Labute approximate surface area is 233 Å². The maximum Gasteiger partial charge on any atom is 0.273 e. The average molecular weight is 565 g/mol. The predicted molar refractivity (Wildman–Crippen MR) is 155 cm³/mol. The van der Waals surface area contributed by atoms with Gasteiger partial charge in [-0.05, 0) is 61.5 Å². The Morgan fingerprint density at radius 1 is 1.00 bits per heavy atom. The van der Waals surface area contributed by atoms with Crippen LogP contribution >= 0.6 is 0 Å². The second-order valence-electron chi connectivity index (χ2n) is 10.4. The summed E-state index contributed by atoms with van der Waals surface area (Å²) >= 11 is 0. The third kappa shape index (κ3) is 5.66. The molecule has 0 aliphatic carbocycles. The number of nitrogens with one attached hydrogen (secondary N) is 2. The fourth-order valence-electron chi connectivity index (χ4n) is 4.75. The van der Waals surface area contributed by atoms with E-state index in [0.717, 1.165) is 50.2 Å². The first kappa shape index (κ1) is 27.6. The number of carbonyl (C=O) groups excluding carboxylic acids is 1. The van der Waals surface area contributed by atoms with Crippen LogP contribution in [0.3, 0.4) is 0 Å². The summed E-state index contributed by atoms with van der Waals surface area (Å²) in [5.74, 6) is -0.524. The molecular weight excluding hydrogens is 531 g/mol. The van der Waals surface area contributed by atoms with E-state index < -0.39 is 15.7 Å². The Balaban J connectivity index is 1.45. The molecule has 1 aliphatic heterocycles. The van der Waals surface area contributed by atoms with Crippen molar-refractivity contribution >= 4 is 38.0 Å². The van der Waals surface area contributed by atoms with Crippen molar-refractivity contribution in [3.05, 3.63) is 78.2 Å². The first-order valence-electron chi connectivity index (χ1n) is 13.2. The molecule has 0 unspecified atom stereocenters. The molecular formula is C29H33FN6O3S. The van der Waals surface area contributed by atoms with E-state index in [1.807, 2.05) is 12.1 Å². The van der Waals surface area contributed by atoms with Crippen LogP contribution in [0.5, 0.6) is 0 Å². The summed E-state index contributed by atoms with van der Waals surface area (Å²) in [6.45, 7) is 8.42. The number of likely N-dealkylation sites (N-methyl/N-ethyl adjacent to an activating group) is 1. The van der Waals surface area contributed by atoms with Gasteiger partial charge in [-0.25, -0.2) is 18.2 Å². The normalized spacial score (nSPS) is 14.6. The summed E-state index contributed by atoms with van der Waals surface area (Å²) in [4.78, 5) is 19.4. The molecule has 1 amide bonds. The number of anilines is 2. The maximum absolute atomic E-state index is 13.7. The Morgan fingerprint density at radius 3 is 2.45 bits per heavy atom. The lowest BCUT2D eigenvalue weighted by atomic mass is 10.1. The number of nitrogens with zero attached hydrogens (tertiary/aromatic N) is 4. The van der Waals surface area contributed by atoms with Gasteiger partial charge in [0.2, 0.25) is 9.84 Å². The van der Waals surface area contributed by atoms with Crippen LogP contribution < -0.4 is 15.6 Å². The molecule has 1 fully saturated rings. The fraction of sp³-hybridized carbons (Fsp3) is 0.310. The van der Waals surface area contributed by atoms with Gasteiger partial charge in [-0.1, -0.05) is 26.0 Å². The lowest BCUT2D eigenvalue weighted by Gasteiger charge is -2.36. The molecule has 1 aliphatic rings. The Bertz CT molecular complexity index is 1640. The molecule has 4 aromatic rings. The third-order valence-corrected chi connectivity index (χ3v) is 8.71. The lowest BCUT2D eigenvalue weighted by molar-refractivity contribution is 0.101. The summed E-state index contributed by atoms with van der Waals surface area (Å²) in [5, 5.41) is 8.32. The summed E-state index contributed by atoms with van der Waals surface area (Å²) in [5.41, 5.74) is 5.67. The minimum atomic E-state index is -3.93. The molecule has 210 valence electrons. The van der Waals surface area contributed by atoms with E-state index in [-0.39, 0.29) is 15.7 Å². The van der Waals surface area contributed by atoms with Crippen LogP contribution in [0.15, 0.2) is 76.7 Å². The Kier molecular flexibility index (Phi) is 7.77. The van der Waals surface area contributed by atoms with Crippen LogP contribution in [-0.4, -0.2) is 68.9 Å². The zero-order chi connectivity index (χ0) is 28.4. The van der Waals surface area contributed by atoms with E-state index in [9.17, 15) is 17.6 Å². The highest BCUT2D eigenvalue weighted by molar-refractivity contribution is 7.91. The van der Waals surface area contributed by atoms with Crippen molar-refractivity contribution in [3.8, 4) is 0 Å². The molecule has 3 aromatic carbocycles. The lowest BCUT2D eigenvalue weighted by Crippen LogP contribution is -2.45. The Hall–Kier alpha value is -3.96. The highest BCUT2D eigenvalue weighted by Gasteiger charge is 2.24. The number of para-hydroxylation sites is 1. The molecule has 0 saturated carbocycles. The molecule has 1 saturated heterocycles. The zero-order valence-electron chi connectivity index (χ0n) is 22.8. The van der Waals surface area contributed by atoms with Gasteiger partial charge in [0.05, 0.1) is 38.4 Å². The first-order valence-corrected chi connectivity index (χ1v) is 14.7. The SMILES string of the molecule is CC(C)CNc1cccc(C(=O)Nn2ncc3cc(S(=O)(=O)c4cccc(F)c4)ccc32)c1N1CCN(C)CC1. The standard InChI is InChI=1S/C29H33FN6O3S/c1-20(2)18-31-26-9-5-8-25(28(26)35-14-12-34(3)13-15-35)29(37)33-36-27-11-10-24(16-21(27)19-32-36)40(38,39)23-7-4-6-22(30)17-23/h4-11,16-17,19-20,31H,12-15,18H2,1-3H3,(H,33,37). The number of hydrogen-bond acceptors (Lipinski definition) is 7. The largest absolute Gasteiger partial charge is 0.383 e. The highest BCUT2D eigenvalue weighted by Crippen LogP contribution is 2.32. The van der Waals surface area contributed by atoms with Crippen molar-refractivity contribution in [1.82, 2.24) is 14.8 Å². The molecule has 11 heteroatoms. The smallest absolute Gasteiger partial charge is 0.273 e. The second kappa shape index (κ2) is 11.3. The van der Waals surface area contributed by atoms with Gasteiger partial charge in [0.15, 0.2) is 0 Å². The minimum absolute atomic E-state index is 0.0118. The fourth-order valence-corrected chi connectivity index (χ4v) is 6.08. The molecule has 9 nitrogen and oxygen atoms in total. The van der Waals surface area contributed by atoms with E-state index in [0.29, 0.717) is 22.4 Å². The van der Waals surface area contributed by atoms with E-state index in [2.05, 4.69) is 46.5 Å². The number of sulfone groups is 1. The van der Waals surface area contributed by atoms with Crippen LogP contribution in [0.2, 0.25) is 0 Å². The van der Waals surface area contributed by atoms with E-state index in [1.54, 1.807) is 12.1 Å². The van der Waals surface area contributed by atoms with Gasteiger partial charge in [-0.15, -0.1) is 0 Å². The maximum atomic E-state index is 13.7. The van der Waals surface area contributed by atoms with Crippen LogP contribution in [-0.2, 0) is 9.84 Å². The van der Waals surface area contributed by atoms with Gasteiger partial charge >= 0.3 is 0 Å². The molecule has 0 spiro atoms. The van der Waals surface area contributed by atoms with Crippen molar-refractivity contribution in [1.29, 1.82) is 0 Å². The number of amides is 1. The summed E-state index contributed by atoms with van der Waals surface area (Å²) in [6, 6.07) is 15.0. The number of hydrogen-bond donors (Lipinski definition) is 2. The van der Waals surface area contributed by atoms with Crippen molar-refractivity contribution < 1.29 is 17.6 Å². The van der Waals surface area contributed by atoms with E-state index in [1.165, 1.54) is 41.3 Å². The second-order valence-corrected chi connectivity index (χ2v) is 12.4. The summed E-state index contributed by atoms with van der Waals surface area (Å²) < 4.78 is 39.8. The molecule has 1 aromatic heterocycles. The van der Waals surface area contributed by atoms with Crippen molar-refractivity contribution in [2.75, 3.05) is 55.4 Å². The number of piperazine rings is 1. The molecule has 0 radical (unpaired) electrons. The van der Waals surface area contributed by atoms with Gasteiger partial charge in [0.25, 0.3) is 5.91 Å². The molecule has 2 N–H and O–H groups in total. The number of halogens is 1. The minimum Gasteiger partial charge on any atom is -0.383 e. The Morgan fingerprint density at radius 2 is 1.73 bits per heavy atom. The molecule has 2 heterocycles. The van der Waals surface area contributed by atoms with Gasteiger partial charge in [0, 0.05) is 38.1 Å². The quantitative estimate of drug-likeness (QED) is 0.331. The number of aromatic nitrogens is 2. The predicted octanol–water partition coefficient (Wildman–Crippen LogP) is 4.21. The summed E-state index contributed by atoms with van der Waals surface area (Å²) in [7, 11) is -1.84. The van der Waals surface area contributed by atoms with Crippen LogP contribution in [0.4, 0.5) is 15.8 Å². The highest BCUT2D eigenvalue weighted by atomic mass is 32.2. The van der Waals surface area contributed by atoms with Crippen molar-refractivity contribution in [3.63, 3.8) is 0 Å². The topological polar surface area (TPSA) is 99.6 Å². The van der Waals surface area contributed by atoms with Gasteiger partial charge in [0.1, 0.15) is 5.82 Å². The van der Waals surface area contributed by atoms with Gasteiger partial charge in [-0.3, -0.25) is 4.79 Å². The van der Waals surface area contributed by atoms with Crippen LogP contribution in [0, 0.1) is 11.7 Å². The third-order valence-electron chi connectivity index (χ3n) is 6.96. The number of carbonyl (C=O) groups is 1. The van der Waals surface area contributed by atoms with E-state index >= 15 is 0 Å². The zero-order valence-corrected chi connectivity index (χ0v) is 23.6. The summed E-state index contributed by atoms with van der Waals surface area (Å²) in [6.07, 6.45) is 1.49. The molecule has 5 rings (SSSR count). The molecule has 0 atom stereocenters. The van der Waals surface area contributed by atoms with Gasteiger partial charge < -0.3 is 15.1 Å². The molecule has 40 heavy (non-hydrogen) atoms. The van der Waals surface area contributed by atoms with Crippen LogP contribution in [0.1, 0.15) is 24.2 Å². The van der Waals surface area contributed by atoms with Crippen LogP contribution in [0.25, 0.3) is 10.9 Å². The van der Waals surface area contributed by atoms with E-state index in [4.69, 9.17) is 0 Å². The number of fused-ring (bicyclic) bond motifs is 1. The van der Waals surface area contributed by atoms with Crippen molar-refractivity contribution in [2.24, 2.45) is 5.92 Å². The number of benzene rings is 3. The first-order chi connectivity index (χ1) is 19.1. The average Bonchev–Trinajstić information content (AvgIpc) is 3.34. The molecule has 0 bridgehead atoms. The monoisotopic (exact) mass is 564 g/mol.